The van der Waals surface area contributed by atoms with Crippen LogP contribution in [0.25, 0.3) is 5.69 Å². The Hall–Kier alpha value is -1.65. The molecule has 1 aromatic heterocycles. The summed E-state index contributed by atoms with van der Waals surface area (Å²) in [7, 11) is 1.72. The normalized spacial score (nSPS) is 14.7. The smallest absolute Gasteiger partial charge is 0.0659 e. The molecule has 2 aromatic rings. The highest BCUT2D eigenvalue weighted by molar-refractivity contribution is 5.34. The van der Waals surface area contributed by atoms with Crippen LogP contribution >= 0.6 is 0 Å². The molecule has 0 radical (unpaired) electrons. The third kappa shape index (κ3) is 3.26. The van der Waals surface area contributed by atoms with Gasteiger partial charge in [-0.2, -0.15) is 5.10 Å². The lowest BCUT2D eigenvalue weighted by molar-refractivity contribution is 0.199. The van der Waals surface area contributed by atoms with Crippen LogP contribution in [0.3, 0.4) is 0 Å². The highest BCUT2D eigenvalue weighted by Crippen LogP contribution is 2.38. The van der Waals surface area contributed by atoms with Crippen LogP contribution in [0.5, 0.6) is 0 Å². The van der Waals surface area contributed by atoms with Gasteiger partial charge in [-0.3, -0.25) is 0 Å². The molecule has 0 aliphatic heterocycles. The molecule has 106 valence electrons. The number of nitrogens with zero attached hydrogens (tertiary/aromatic N) is 2. The lowest BCUT2D eigenvalue weighted by Gasteiger charge is -2.06. The average Bonchev–Trinajstić information content (AvgIpc) is 3.22. The Kier molecular flexibility index (Phi) is 4.14. The fraction of sp³-hybridized carbons (Fsp3) is 0.438. The predicted octanol–water partition coefficient (Wildman–Crippen LogP) is 2.49. The van der Waals surface area contributed by atoms with Crippen molar-refractivity contribution in [3.8, 4) is 5.69 Å². The number of methoxy groups -OCH3 is 1. The summed E-state index contributed by atoms with van der Waals surface area (Å²) in [6.45, 7) is 2.49. The van der Waals surface area contributed by atoms with E-state index in [1.54, 1.807) is 7.11 Å². The van der Waals surface area contributed by atoms with Crippen LogP contribution in [0.15, 0.2) is 36.5 Å². The number of aromatic nitrogens is 2. The quantitative estimate of drug-likeness (QED) is 0.786. The lowest BCUT2D eigenvalue weighted by Crippen LogP contribution is -2.18. The first-order chi connectivity index (χ1) is 9.86. The van der Waals surface area contributed by atoms with Crippen molar-refractivity contribution in [2.75, 3.05) is 20.3 Å². The van der Waals surface area contributed by atoms with Crippen LogP contribution in [0.1, 0.15) is 30.0 Å². The Morgan fingerprint density at radius 2 is 2.05 bits per heavy atom. The minimum atomic E-state index is 0.709. The van der Waals surface area contributed by atoms with E-state index in [0.717, 1.165) is 25.4 Å². The van der Waals surface area contributed by atoms with Gasteiger partial charge in [-0.25, -0.2) is 4.68 Å². The molecule has 0 atom stereocenters. The molecule has 0 amide bonds. The van der Waals surface area contributed by atoms with Crippen LogP contribution in [0.4, 0.5) is 0 Å². The van der Waals surface area contributed by atoms with Crippen molar-refractivity contribution < 1.29 is 4.74 Å². The summed E-state index contributed by atoms with van der Waals surface area (Å²) in [5, 5.41) is 7.98. The molecule has 1 heterocycles. The molecule has 4 heteroatoms. The summed E-state index contributed by atoms with van der Waals surface area (Å²) < 4.78 is 6.98. The number of hydrogen-bond donors (Lipinski definition) is 1. The maximum Gasteiger partial charge on any atom is 0.0659 e. The van der Waals surface area contributed by atoms with Gasteiger partial charge >= 0.3 is 0 Å². The summed E-state index contributed by atoms with van der Waals surface area (Å²) in [6.07, 6.45) is 4.64. The SMILES string of the molecule is COCCNCc1ccc(-n2ccc(C3CC3)n2)cc1. The van der Waals surface area contributed by atoms with E-state index in [0.29, 0.717) is 5.92 Å². The highest BCUT2D eigenvalue weighted by atomic mass is 16.5. The van der Waals surface area contributed by atoms with E-state index in [9.17, 15) is 0 Å². The van der Waals surface area contributed by atoms with Crippen LogP contribution in [0, 0.1) is 0 Å². The fourth-order valence-corrected chi connectivity index (χ4v) is 2.25. The second-order valence-electron chi connectivity index (χ2n) is 5.30. The number of nitrogens with one attached hydrogen (secondary N) is 1. The molecule has 1 saturated carbocycles. The Morgan fingerprint density at radius 1 is 1.25 bits per heavy atom. The van der Waals surface area contributed by atoms with Gasteiger partial charge in [0.05, 0.1) is 18.0 Å². The van der Waals surface area contributed by atoms with E-state index in [1.165, 1.54) is 24.1 Å². The minimum Gasteiger partial charge on any atom is -0.383 e. The molecule has 20 heavy (non-hydrogen) atoms. The van der Waals surface area contributed by atoms with E-state index >= 15 is 0 Å². The van der Waals surface area contributed by atoms with E-state index in [2.05, 4.69) is 46.9 Å². The maximum absolute atomic E-state index is 5.01. The Morgan fingerprint density at radius 3 is 2.75 bits per heavy atom. The summed E-state index contributed by atoms with van der Waals surface area (Å²) >= 11 is 0. The summed E-state index contributed by atoms with van der Waals surface area (Å²) in [5.74, 6) is 0.709. The van der Waals surface area contributed by atoms with Crippen molar-refractivity contribution in [1.82, 2.24) is 15.1 Å². The molecule has 0 spiro atoms. The Bertz CT molecular complexity index is 543. The third-order valence-electron chi connectivity index (χ3n) is 3.62. The topological polar surface area (TPSA) is 39.1 Å². The molecular weight excluding hydrogens is 250 g/mol. The first kappa shape index (κ1) is 13.3. The molecule has 1 N–H and O–H groups in total. The Balaban J connectivity index is 1.59. The van der Waals surface area contributed by atoms with Gasteiger partial charge in [0.25, 0.3) is 0 Å². The van der Waals surface area contributed by atoms with Gasteiger partial charge in [0, 0.05) is 32.3 Å². The van der Waals surface area contributed by atoms with Gasteiger partial charge in [0.1, 0.15) is 0 Å². The zero-order valence-corrected chi connectivity index (χ0v) is 11.9. The largest absolute Gasteiger partial charge is 0.383 e. The van der Waals surface area contributed by atoms with Gasteiger partial charge in [-0.05, 0) is 36.6 Å². The molecule has 1 aliphatic carbocycles. The van der Waals surface area contributed by atoms with Crippen LogP contribution in [0.2, 0.25) is 0 Å². The first-order valence-corrected chi connectivity index (χ1v) is 7.21. The van der Waals surface area contributed by atoms with Gasteiger partial charge in [0.2, 0.25) is 0 Å². The highest BCUT2D eigenvalue weighted by Gasteiger charge is 2.25. The van der Waals surface area contributed by atoms with E-state index < -0.39 is 0 Å². The maximum atomic E-state index is 5.01. The average molecular weight is 271 g/mol. The predicted molar refractivity (Wildman–Crippen MR) is 79.1 cm³/mol. The number of benzene rings is 1. The molecule has 1 fully saturated rings. The van der Waals surface area contributed by atoms with Crippen LogP contribution < -0.4 is 5.32 Å². The van der Waals surface area contributed by atoms with Crippen molar-refractivity contribution in [1.29, 1.82) is 0 Å². The molecule has 4 nitrogen and oxygen atoms in total. The summed E-state index contributed by atoms with van der Waals surface area (Å²) in [6, 6.07) is 10.7. The van der Waals surface area contributed by atoms with Crippen LogP contribution in [-0.4, -0.2) is 30.0 Å². The van der Waals surface area contributed by atoms with Gasteiger partial charge in [-0.1, -0.05) is 12.1 Å². The third-order valence-corrected chi connectivity index (χ3v) is 3.62. The van der Waals surface area contributed by atoms with Gasteiger partial charge < -0.3 is 10.1 Å². The molecule has 3 rings (SSSR count). The monoisotopic (exact) mass is 271 g/mol. The number of hydrogen-bond acceptors (Lipinski definition) is 3. The Labute approximate surface area is 119 Å². The molecular formula is C16H21N3O. The van der Waals surface area contributed by atoms with E-state index in [4.69, 9.17) is 4.74 Å². The molecule has 1 aromatic carbocycles. The number of rotatable bonds is 7. The second-order valence-corrected chi connectivity index (χ2v) is 5.30. The van der Waals surface area contributed by atoms with Crippen molar-refractivity contribution in [3.63, 3.8) is 0 Å². The minimum absolute atomic E-state index is 0.709. The fourth-order valence-electron chi connectivity index (χ4n) is 2.25. The second kappa shape index (κ2) is 6.20. The zero-order chi connectivity index (χ0) is 13.8. The molecule has 0 saturated heterocycles. The van der Waals surface area contributed by atoms with Gasteiger partial charge in [0.15, 0.2) is 0 Å². The zero-order valence-electron chi connectivity index (χ0n) is 11.9. The van der Waals surface area contributed by atoms with Crippen molar-refractivity contribution in [2.24, 2.45) is 0 Å². The molecule has 0 bridgehead atoms. The van der Waals surface area contributed by atoms with Crippen LogP contribution in [-0.2, 0) is 11.3 Å². The molecule has 1 aliphatic rings. The van der Waals surface area contributed by atoms with Crippen molar-refractivity contribution in [3.05, 3.63) is 47.8 Å². The van der Waals surface area contributed by atoms with Crippen molar-refractivity contribution in [2.45, 2.75) is 25.3 Å². The standard InChI is InChI=1S/C16H21N3O/c1-20-11-9-17-12-13-2-6-15(7-3-13)19-10-8-16(18-19)14-4-5-14/h2-3,6-8,10,14,17H,4-5,9,11-12H2,1H3. The summed E-state index contributed by atoms with van der Waals surface area (Å²) in [5.41, 5.74) is 3.63. The van der Waals surface area contributed by atoms with Crippen molar-refractivity contribution >= 4 is 0 Å². The first-order valence-electron chi connectivity index (χ1n) is 7.21. The lowest BCUT2D eigenvalue weighted by atomic mass is 10.2. The number of ether oxygens (including phenoxy) is 1. The van der Waals surface area contributed by atoms with E-state index in [1.807, 2.05) is 4.68 Å². The van der Waals surface area contributed by atoms with Gasteiger partial charge in [-0.15, -0.1) is 0 Å². The van der Waals surface area contributed by atoms with E-state index in [-0.39, 0.29) is 0 Å². The summed E-state index contributed by atoms with van der Waals surface area (Å²) in [4.78, 5) is 0. The molecule has 0 unspecified atom stereocenters.